The molecule has 0 radical (unpaired) electrons. The maximum atomic E-state index is 12.9. The van der Waals surface area contributed by atoms with E-state index in [1.54, 1.807) is 0 Å². The second-order valence-electron chi connectivity index (χ2n) is 9.40. The maximum absolute atomic E-state index is 12.9. The van der Waals surface area contributed by atoms with Gasteiger partial charge in [-0.05, 0) is 76.2 Å². The molecule has 0 aromatic heterocycles. The summed E-state index contributed by atoms with van der Waals surface area (Å²) in [4.78, 5) is 2.55. The highest BCUT2D eigenvalue weighted by Gasteiger charge is 2.45. The van der Waals surface area contributed by atoms with E-state index in [0.29, 0.717) is 0 Å². The molecule has 0 saturated carbocycles. The van der Waals surface area contributed by atoms with E-state index in [-0.39, 0.29) is 10.2 Å². The zero-order valence-corrected chi connectivity index (χ0v) is 18.7. The molecule has 1 aliphatic carbocycles. The molecule has 2 aliphatic rings. The summed E-state index contributed by atoms with van der Waals surface area (Å²) in [6.45, 7) is 9.13. The van der Waals surface area contributed by atoms with Crippen LogP contribution in [0.1, 0.15) is 56.7 Å². The van der Waals surface area contributed by atoms with Gasteiger partial charge in [0.15, 0.2) is 0 Å². The van der Waals surface area contributed by atoms with Gasteiger partial charge in [0, 0.05) is 12.0 Å². The van der Waals surface area contributed by atoms with Crippen LogP contribution in [0.5, 0.6) is 0 Å². The summed E-state index contributed by atoms with van der Waals surface area (Å²) < 4.78 is 17.4. The van der Waals surface area contributed by atoms with Gasteiger partial charge in [0.1, 0.15) is 16.1 Å². The molecule has 1 aliphatic heterocycles. The summed E-state index contributed by atoms with van der Waals surface area (Å²) in [5.74, 6) is 0. The highest BCUT2D eigenvalue weighted by molar-refractivity contribution is 7.91. The number of aryl methyl sites for hydroxylation is 1. The molecule has 1 unspecified atom stereocenters. The average molecular weight is 409 g/mol. The Labute approximate surface area is 178 Å². The monoisotopic (exact) mass is 408 g/mol. The van der Waals surface area contributed by atoms with Crippen LogP contribution in [0.4, 0.5) is 0 Å². The minimum Gasteiger partial charge on any atom is -0.591 e. The van der Waals surface area contributed by atoms with E-state index in [9.17, 15) is 4.55 Å². The van der Waals surface area contributed by atoms with E-state index in [2.05, 4.69) is 59.5 Å². The van der Waals surface area contributed by atoms with Crippen molar-refractivity contribution in [3.05, 3.63) is 71.3 Å². The van der Waals surface area contributed by atoms with Crippen LogP contribution in [0.3, 0.4) is 0 Å². The van der Waals surface area contributed by atoms with Crippen LogP contribution in [0.25, 0.3) is 0 Å². The van der Waals surface area contributed by atoms with E-state index in [0.717, 1.165) is 45.3 Å². The third-order valence-electron chi connectivity index (χ3n) is 6.39. The number of nitrogens with zero attached hydrogens (tertiary/aromatic N) is 2. The molecular formula is C25H32N2OS. The molecule has 154 valence electrons. The topological polar surface area (TPSA) is 38.7 Å². The number of hydrogen-bond donors (Lipinski definition) is 0. The lowest BCUT2D eigenvalue weighted by Crippen LogP contribution is -2.49. The summed E-state index contributed by atoms with van der Waals surface area (Å²) in [5, 5.41) is 0. The third kappa shape index (κ3) is 4.30. The Balaban J connectivity index is 1.62. The van der Waals surface area contributed by atoms with Crippen molar-refractivity contribution in [2.24, 2.45) is 4.40 Å². The van der Waals surface area contributed by atoms with Gasteiger partial charge in [-0.2, -0.15) is 0 Å². The van der Waals surface area contributed by atoms with Crippen molar-refractivity contribution in [2.45, 2.75) is 63.2 Å². The van der Waals surface area contributed by atoms with Crippen molar-refractivity contribution < 1.29 is 4.55 Å². The zero-order chi connectivity index (χ0) is 20.5. The van der Waals surface area contributed by atoms with Gasteiger partial charge in [-0.1, -0.05) is 59.0 Å². The van der Waals surface area contributed by atoms with E-state index < -0.39 is 11.4 Å². The molecule has 4 rings (SSSR count). The quantitative estimate of drug-likeness (QED) is 0.665. The van der Waals surface area contributed by atoms with Crippen LogP contribution < -0.4 is 0 Å². The number of likely N-dealkylation sites (tertiary alicyclic amines) is 1. The minimum absolute atomic E-state index is 0.0526. The molecule has 1 saturated heterocycles. The van der Waals surface area contributed by atoms with Crippen molar-refractivity contribution >= 4 is 17.1 Å². The Morgan fingerprint density at radius 3 is 2.31 bits per heavy atom. The van der Waals surface area contributed by atoms with Crippen LogP contribution in [-0.2, 0) is 29.7 Å². The first kappa shape index (κ1) is 20.6. The molecule has 1 fully saturated rings. The molecule has 0 bridgehead atoms. The number of rotatable bonds is 3. The van der Waals surface area contributed by atoms with Gasteiger partial charge in [-0.3, -0.25) is 4.90 Å². The molecule has 2 aromatic rings. The molecule has 4 heteroatoms. The Kier molecular flexibility index (Phi) is 5.87. The van der Waals surface area contributed by atoms with Crippen molar-refractivity contribution in [1.29, 1.82) is 0 Å². The molecule has 1 heterocycles. The van der Waals surface area contributed by atoms with Crippen LogP contribution in [0.15, 0.2) is 59.0 Å². The first-order chi connectivity index (χ1) is 13.9. The molecule has 2 aromatic carbocycles. The summed E-state index contributed by atoms with van der Waals surface area (Å²) in [6.07, 6.45) is 4.04. The maximum Gasteiger partial charge on any atom is 0.144 e. The van der Waals surface area contributed by atoms with E-state index >= 15 is 0 Å². The Bertz CT molecular complexity index is 864. The lowest BCUT2D eigenvalue weighted by Gasteiger charge is -2.45. The smallest absolute Gasteiger partial charge is 0.144 e. The van der Waals surface area contributed by atoms with Gasteiger partial charge in [-0.25, -0.2) is 0 Å². The zero-order valence-electron chi connectivity index (χ0n) is 17.9. The lowest BCUT2D eigenvalue weighted by molar-refractivity contribution is 0.181. The number of fused-ring (bicyclic) bond motifs is 2. The summed E-state index contributed by atoms with van der Waals surface area (Å²) in [5.41, 5.74) is 5.36. The van der Waals surface area contributed by atoms with Gasteiger partial charge < -0.3 is 4.55 Å². The van der Waals surface area contributed by atoms with Crippen LogP contribution in [-0.4, -0.2) is 33.0 Å². The van der Waals surface area contributed by atoms with Crippen LogP contribution in [0, 0.1) is 0 Å². The van der Waals surface area contributed by atoms with Gasteiger partial charge in [-0.15, -0.1) is 0 Å². The number of hydrogen-bond acceptors (Lipinski definition) is 3. The first-order valence-corrected chi connectivity index (χ1v) is 11.8. The fourth-order valence-corrected chi connectivity index (χ4v) is 5.46. The second-order valence-corrected chi connectivity index (χ2v) is 11.3. The van der Waals surface area contributed by atoms with Gasteiger partial charge in [0.2, 0.25) is 0 Å². The van der Waals surface area contributed by atoms with E-state index in [1.165, 1.54) is 22.4 Å². The van der Waals surface area contributed by atoms with Crippen molar-refractivity contribution in [1.82, 2.24) is 4.90 Å². The Hall–Kier alpha value is -1.62. The third-order valence-corrected chi connectivity index (χ3v) is 7.83. The van der Waals surface area contributed by atoms with Gasteiger partial charge in [0.05, 0.1) is 5.71 Å². The molecular weight excluding hydrogens is 376 g/mol. The molecule has 1 atom stereocenters. The number of benzene rings is 2. The van der Waals surface area contributed by atoms with Crippen LogP contribution >= 0.6 is 0 Å². The number of piperidine rings is 1. The first-order valence-electron chi connectivity index (χ1n) is 10.7. The molecule has 0 amide bonds. The minimum atomic E-state index is -1.21. The average Bonchev–Trinajstić information content (AvgIpc) is 2.72. The summed E-state index contributed by atoms with van der Waals surface area (Å²) in [6, 6.07) is 19.6. The lowest BCUT2D eigenvalue weighted by atomic mass is 9.63. The predicted octanol–water partition coefficient (Wildman–Crippen LogP) is 5.07. The fraction of sp³-hybridized carbons (Fsp3) is 0.480. The van der Waals surface area contributed by atoms with Crippen molar-refractivity contribution in [3.8, 4) is 0 Å². The fourth-order valence-electron chi connectivity index (χ4n) is 4.72. The standard InChI is InChI=1S/C25H32N2OS/c1-24(2,3)29(28)26-23-14-13-21-11-7-8-12-22(21)25(23)15-17-27(18-16-25)19-20-9-5-4-6-10-20/h4-12H,13-19H2,1-3H3. The predicted molar refractivity (Wildman–Crippen MR) is 123 cm³/mol. The molecule has 0 N–H and O–H groups in total. The van der Waals surface area contributed by atoms with Gasteiger partial charge in [0.25, 0.3) is 0 Å². The molecule has 3 nitrogen and oxygen atoms in total. The van der Waals surface area contributed by atoms with E-state index in [1.807, 2.05) is 20.8 Å². The second kappa shape index (κ2) is 8.25. The van der Waals surface area contributed by atoms with E-state index in [4.69, 9.17) is 4.40 Å². The Morgan fingerprint density at radius 1 is 0.966 bits per heavy atom. The van der Waals surface area contributed by atoms with Crippen LogP contribution in [0.2, 0.25) is 0 Å². The van der Waals surface area contributed by atoms with Crippen molar-refractivity contribution in [2.75, 3.05) is 13.1 Å². The van der Waals surface area contributed by atoms with Crippen molar-refractivity contribution in [3.63, 3.8) is 0 Å². The molecule has 1 spiro atoms. The summed E-state index contributed by atoms with van der Waals surface area (Å²) >= 11 is -1.21. The summed E-state index contributed by atoms with van der Waals surface area (Å²) in [7, 11) is 0. The normalized spacial score (nSPS) is 21.9. The SMILES string of the molecule is CC(C)(C)[S+]([O-])N=C1CCc2ccccc2C12CCN(Cc1ccccc1)CC2. The van der Waals surface area contributed by atoms with Gasteiger partial charge >= 0.3 is 0 Å². The largest absolute Gasteiger partial charge is 0.591 e. The highest BCUT2D eigenvalue weighted by atomic mass is 32.2. The Morgan fingerprint density at radius 2 is 1.62 bits per heavy atom. The highest BCUT2D eigenvalue weighted by Crippen LogP contribution is 2.44. The molecule has 29 heavy (non-hydrogen) atoms.